The van der Waals surface area contributed by atoms with E-state index in [0.717, 1.165) is 25.7 Å². The monoisotopic (exact) mass is 471 g/mol. The number of nitrogens with one attached hydrogen (secondary N) is 2. The van der Waals surface area contributed by atoms with Crippen LogP contribution in [0.25, 0.3) is 11.3 Å². The minimum atomic E-state index is -3.88. The van der Waals surface area contributed by atoms with Crippen molar-refractivity contribution in [2.24, 2.45) is 18.9 Å². The standard InChI is InChI=1S/C23H29N5O4S/c1-13(16-6-7-16)28-12-18-8-17(19-10-21(25-14(2)29)26-27(19)3)9-20(22(18)23(28)30)33(31,32)24-11-15-4-5-15/h8-10,13,15-16,24H,4-7,11-12H2,1-3H3,(H,25,26,29)/t13-/m0/s1. The van der Waals surface area contributed by atoms with Gasteiger partial charge in [0, 0.05) is 44.7 Å². The number of rotatable bonds is 8. The number of aromatic nitrogens is 2. The van der Waals surface area contributed by atoms with Gasteiger partial charge in [-0.3, -0.25) is 14.3 Å². The van der Waals surface area contributed by atoms with Crippen molar-refractivity contribution in [1.29, 1.82) is 0 Å². The second kappa shape index (κ2) is 7.95. The van der Waals surface area contributed by atoms with E-state index in [1.54, 1.807) is 28.8 Å². The molecule has 2 heterocycles. The molecule has 0 unspecified atom stereocenters. The summed E-state index contributed by atoms with van der Waals surface area (Å²) in [7, 11) is -2.14. The molecule has 3 aliphatic rings. The lowest BCUT2D eigenvalue weighted by Crippen LogP contribution is -2.35. The van der Waals surface area contributed by atoms with Crippen LogP contribution in [0.4, 0.5) is 5.82 Å². The third kappa shape index (κ3) is 4.29. The molecule has 2 aliphatic carbocycles. The van der Waals surface area contributed by atoms with Crippen LogP contribution < -0.4 is 10.0 Å². The van der Waals surface area contributed by atoms with Gasteiger partial charge >= 0.3 is 0 Å². The van der Waals surface area contributed by atoms with Crippen LogP contribution in [0.5, 0.6) is 0 Å². The Hall–Kier alpha value is -2.72. The molecule has 2 amide bonds. The summed E-state index contributed by atoms with van der Waals surface area (Å²) in [4.78, 5) is 26.7. The molecule has 2 aromatic rings. The maximum atomic E-state index is 13.4. The van der Waals surface area contributed by atoms with Crippen LogP contribution in [-0.2, 0) is 28.4 Å². The van der Waals surface area contributed by atoms with Gasteiger partial charge in [-0.1, -0.05) is 0 Å². The fraction of sp³-hybridized carbons (Fsp3) is 0.522. The van der Waals surface area contributed by atoms with E-state index in [9.17, 15) is 18.0 Å². The number of benzene rings is 1. The number of hydrogen-bond donors (Lipinski definition) is 2. The second-order valence-corrected chi connectivity index (χ2v) is 11.3. The van der Waals surface area contributed by atoms with Gasteiger partial charge in [0.2, 0.25) is 15.9 Å². The largest absolute Gasteiger partial charge is 0.331 e. The topological polar surface area (TPSA) is 113 Å². The van der Waals surface area contributed by atoms with E-state index in [2.05, 4.69) is 15.1 Å². The maximum Gasteiger partial charge on any atom is 0.256 e. The van der Waals surface area contributed by atoms with Gasteiger partial charge in [0.05, 0.1) is 16.2 Å². The summed E-state index contributed by atoms with van der Waals surface area (Å²) in [6.07, 6.45) is 4.24. The maximum absolute atomic E-state index is 13.4. The van der Waals surface area contributed by atoms with Crippen molar-refractivity contribution in [2.75, 3.05) is 11.9 Å². The Morgan fingerprint density at radius 2 is 1.94 bits per heavy atom. The third-order valence-electron chi connectivity index (χ3n) is 6.82. The highest BCUT2D eigenvalue weighted by Gasteiger charge is 2.41. The normalized spacial score (nSPS) is 19.0. The molecule has 1 atom stereocenters. The molecule has 1 aromatic heterocycles. The highest BCUT2D eigenvalue weighted by atomic mass is 32.2. The van der Waals surface area contributed by atoms with Gasteiger partial charge in [0.1, 0.15) is 0 Å². The highest BCUT2D eigenvalue weighted by molar-refractivity contribution is 7.89. The first-order chi connectivity index (χ1) is 15.6. The van der Waals surface area contributed by atoms with E-state index >= 15 is 0 Å². The number of anilines is 1. The third-order valence-corrected chi connectivity index (χ3v) is 8.27. The Kier molecular flexibility index (Phi) is 5.32. The van der Waals surface area contributed by atoms with E-state index in [1.165, 1.54) is 6.92 Å². The predicted molar refractivity (Wildman–Crippen MR) is 123 cm³/mol. The zero-order valence-electron chi connectivity index (χ0n) is 19.1. The van der Waals surface area contributed by atoms with Crippen molar-refractivity contribution < 1.29 is 18.0 Å². The number of carbonyl (C=O) groups is 2. The lowest BCUT2D eigenvalue weighted by atomic mass is 10.0. The van der Waals surface area contributed by atoms with Crippen molar-refractivity contribution in [3.8, 4) is 11.3 Å². The number of sulfonamides is 1. The van der Waals surface area contributed by atoms with Crippen LogP contribution in [0.1, 0.15) is 55.5 Å². The highest BCUT2D eigenvalue weighted by Crippen LogP contribution is 2.41. The number of amides is 2. The van der Waals surface area contributed by atoms with E-state index in [4.69, 9.17) is 0 Å². The van der Waals surface area contributed by atoms with E-state index in [0.29, 0.717) is 47.6 Å². The number of fused-ring (bicyclic) bond motifs is 1. The quantitative estimate of drug-likeness (QED) is 0.614. The molecule has 33 heavy (non-hydrogen) atoms. The molecule has 176 valence electrons. The Bertz CT molecular complexity index is 1240. The molecule has 9 nitrogen and oxygen atoms in total. The molecule has 10 heteroatoms. The second-order valence-electron chi connectivity index (χ2n) is 9.53. The summed E-state index contributed by atoms with van der Waals surface area (Å²) in [5.74, 6) is 0.781. The Labute approximate surface area is 193 Å². The summed E-state index contributed by atoms with van der Waals surface area (Å²) in [5, 5.41) is 6.97. The van der Waals surface area contributed by atoms with E-state index in [-0.39, 0.29) is 28.3 Å². The number of aryl methyl sites for hydroxylation is 1. The number of hydrogen-bond acceptors (Lipinski definition) is 5. The summed E-state index contributed by atoms with van der Waals surface area (Å²) < 4.78 is 31.0. The molecular formula is C23H29N5O4S. The van der Waals surface area contributed by atoms with Gasteiger partial charge < -0.3 is 10.2 Å². The van der Waals surface area contributed by atoms with Crippen molar-refractivity contribution in [1.82, 2.24) is 19.4 Å². The Balaban J connectivity index is 1.58. The van der Waals surface area contributed by atoms with Gasteiger partial charge in [-0.2, -0.15) is 5.10 Å². The SMILES string of the molecule is CC(=O)Nc1cc(-c2cc3c(c(S(=O)(=O)NCC4CC4)c2)C(=O)N([C@@H](C)C2CC2)C3)n(C)n1. The first-order valence-corrected chi connectivity index (χ1v) is 12.9. The van der Waals surface area contributed by atoms with Crippen LogP contribution in [0.15, 0.2) is 23.1 Å². The minimum Gasteiger partial charge on any atom is -0.331 e. The van der Waals surface area contributed by atoms with Crippen LogP contribution >= 0.6 is 0 Å². The molecule has 0 saturated heterocycles. The number of carbonyl (C=O) groups excluding carboxylic acids is 2. The van der Waals surface area contributed by atoms with Crippen molar-refractivity contribution >= 4 is 27.7 Å². The van der Waals surface area contributed by atoms with Gasteiger partial charge in [-0.05, 0) is 62.1 Å². The molecule has 2 saturated carbocycles. The molecule has 0 spiro atoms. The molecule has 1 aliphatic heterocycles. The average Bonchev–Trinajstić information content (AvgIpc) is 3.67. The van der Waals surface area contributed by atoms with Crippen LogP contribution in [0, 0.1) is 11.8 Å². The van der Waals surface area contributed by atoms with Crippen molar-refractivity contribution in [3.05, 3.63) is 29.3 Å². The Morgan fingerprint density at radius 1 is 1.21 bits per heavy atom. The molecule has 0 bridgehead atoms. The van der Waals surface area contributed by atoms with E-state index in [1.807, 2.05) is 13.0 Å². The lowest BCUT2D eigenvalue weighted by molar-refractivity contribution is -0.114. The van der Waals surface area contributed by atoms with Crippen LogP contribution in [0.2, 0.25) is 0 Å². The Morgan fingerprint density at radius 3 is 2.58 bits per heavy atom. The average molecular weight is 472 g/mol. The predicted octanol–water partition coefficient (Wildman–Crippen LogP) is 2.49. The summed E-state index contributed by atoms with van der Waals surface area (Å²) in [5.41, 5.74) is 2.28. The fourth-order valence-corrected chi connectivity index (χ4v) is 5.95. The van der Waals surface area contributed by atoms with Gasteiger partial charge in [0.25, 0.3) is 5.91 Å². The molecule has 2 N–H and O–H groups in total. The van der Waals surface area contributed by atoms with E-state index < -0.39 is 10.0 Å². The zero-order chi connectivity index (χ0) is 23.5. The number of nitrogens with zero attached hydrogens (tertiary/aromatic N) is 3. The molecule has 1 aromatic carbocycles. The summed E-state index contributed by atoms with van der Waals surface area (Å²) in [6, 6.07) is 5.22. The van der Waals surface area contributed by atoms with Gasteiger partial charge in [0.15, 0.2) is 5.82 Å². The first-order valence-electron chi connectivity index (χ1n) is 11.4. The van der Waals surface area contributed by atoms with Crippen LogP contribution in [0.3, 0.4) is 0 Å². The minimum absolute atomic E-state index is 0.0217. The lowest BCUT2D eigenvalue weighted by Gasteiger charge is -2.24. The smallest absolute Gasteiger partial charge is 0.256 e. The fourth-order valence-electron chi connectivity index (χ4n) is 4.57. The van der Waals surface area contributed by atoms with Gasteiger partial charge in [-0.25, -0.2) is 13.1 Å². The molecule has 0 radical (unpaired) electrons. The van der Waals surface area contributed by atoms with Crippen molar-refractivity contribution in [3.63, 3.8) is 0 Å². The zero-order valence-corrected chi connectivity index (χ0v) is 19.9. The van der Waals surface area contributed by atoms with Gasteiger partial charge in [-0.15, -0.1) is 0 Å². The summed E-state index contributed by atoms with van der Waals surface area (Å²) in [6.45, 7) is 4.22. The molecular weight excluding hydrogens is 442 g/mol. The first kappa shape index (κ1) is 22.1. The van der Waals surface area contributed by atoms with Crippen molar-refractivity contribution in [2.45, 2.75) is 57.0 Å². The van der Waals surface area contributed by atoms with Crippen LogP contribution in [-0.4, -0.2) is 47.5 Å². The summed E-state index contributed by atoms with van der Waals surface area (Å²) >= 11 is 0. The molecule has 2 fully saturated rings. The molecule has 5 rings (SSSR count).